The number of alkyl halides is 2. The van der Waals surface area contributed by atoms with Crippen LogP contribution in [-0.2, 0) is 4.79 Å². The van der Waals surface area contributed by atoms with Crippen LogP contribution in [0, 0.1) is 17.2 Å². The third-order valence-electron chi connectivity index (χ3n) is 5.41. The summed E-state index contributed by atoms with van der Waals surface area (Å²) in [5.41, 5.74) is 1.66. The second-order valence-corrected chi connectivity index (χ2v) is 11.4. The molecule has 0 unspecified atom stereocenters. The summed E-state index contributed by atoms with van der Waals surface area (Å²) in [7, 11) is 0. The van der Waals surface area contributed by atoms with Crippen LogP contribution in [0.5, 0.6) is 0 Å². The summed E-state index contributed by atoms with van der Waals surface area (Å²) in [6.45, 7) is 0. The van der Waals surface area contributed by atoms with Crippen LogP contribution >= 0.6 is 73.9 Å². The molecule has 2 atom stereocenters. The van der Waals surface area contributed by atoms with Gasteiger partial charge in [0.15, 0.2) is 0 Å². The topological polar surface area (TPSA) is 82.0 Å². The molecular weight excluding hydrogens is 619 g/mol. The Morgan fingerprint density at radius 2 is 1.63 bits per heavy atom. The fourth-order valence-electron chi connectivity index (χ4n) is 3.73. The van der Waals surface area contributed by atoms with Gasteiger partial charge in [-0.3, -0.25) is 9.59 Å². The lowest BCUT2D eigenvalue weighted by Gasteiger charge is -2.11. The second kappa shape index (κ2) is 10.2. The van der Waals surface area contributed by atoms with Gasteiger partial charge in [-0.05, 0) is 60.2 Å². The van der Waals surface area contributed by atoms with Crippen LogP contribution in [0.25, 0.3) is 0 Å². The van der Waals surface area contributed by atoms with Gasteiger partial charge in [-0.1, -0.05) is 50.7 Å². The van der Waals surface area contributed by atoms with Crippen molar-refractivity contribution in [2.45, 2.75) is 10.3 Å². The molecule has 35 heavy (non-hydrogen) atoms. The molecule has 0 aromatic heterocycles. The number of halogens is 6. The van der Waals surface area contributed by atoms with Gasteiger partial charge in [0.25, 0.3) is 5.91 Å². The van der Waals surface area contributed by atoms with Crippen LogP contribution in [0.1, 0.15) is 27.4 Å². The van der Waals surface area contributed by atoms with E-state index in [9.17, 15) is 14.9 Å². The summed E-state index contributed by atoms with van der Waals surface area (Å²) in [5, 5.41) is 15.7. The maximum absolute atomic E-state index is 13.0. The molecule has 1 aliphatic carbocycles. The Bertz CT molecular complexity index is 1390. The normalized spacial score (nSPS) is 17.9. The van der Waals surface area contributed by atoms with E-state index in [1.165, 1.54) is 12.1 Å². The molecule has 0 spiro atoms. The summed E-state index contributed by atoms with van der Waals surface area (Å²) in [5.74, 6) is -2.28. The molecule has 4 rings (SSSR count). The third-order valence-corrected chi connectivity index (χ3v) is 7.61. The standard InChI is InChI=1S/C24H13BrCl5N3O2/c25-13-2-1-11(10-31)19(7-13)33-22(34)17-9-16(3-4-18(17)28)32-23(35)21-20(24(21,29)30)12-5-14(26)8-15(27)6-12/h1-9,20-21H,(H,32,35)(H,33,34)/t20-,21+/m1/s1. The zero-order valence-corrected chi connectivity index (χ0v) is 22.7. The SMILES string of the molecule is N#Cc1ccc(Br)cc1NC(=O)c1cc(NC(=O)[C@@H]2[C@@H](c3cc(Cl)cc(Cl)c3)C2(Cl)Cl)ccc1Cl. The number of benzene rings is 3. The van der Waals surface area contributed by atoms with Crippen LogP contribution < -0.4 is 10.6 Å². The van der Waals surface area contributed by atoms with Gasteiger partial charge in [0.05, 0.1) is 27.8 Å². The van der Waals surface area contributed by atoms with E-state index in [0.717, 1.165) is 0 Å². The molecule has 3 aromatic carbocycles. The highest BCUT2D eigenvalue weighted by molar-refractivity contribution is 9.10. The van der Waals surface area contributed by atoms with Crippen molar-refractivity contribution in [3.8, 4) is 6.07 Å². The first-order valence-electron chi connectivity index (χ1n) is 9.96. The fraction of sp³-hybridized carbons (Fsp3) is 0.125. The average Bonchev–Trinajstić information content (AvgIpc) is 3.36. The molecule has 1 aliphatic rings. The summed E-state index contributed by atoms with van der Waals surface area (Å²) >= 11 is 34.5. The molecule has 0 saturated heterocycles. The van der Waals surface area contributed by atoms with Crippen LogP contribution in [-0.4, -0.2) is 16.1 Å². The largest absolute Gasteiger partial charge is 0.326 e. The minimum Gasteiger partial charge on any atom is -0.326 e. The molecule has 0 radical (unpaired) electrons. The van der Waals surface area contributed by atoms with E-state index < -0.39 is 28.0 Å². The van der Waals surface area contributed by atoms with E-state index in [4.69, 9.17) is 58.0 Å². The first-order chi connectivity index (χ1) is 16.5. The summed E-state index contributed by atoms with van der Waals surface area (Å²) < 4.78 is -0.663. The van der Waals surface area contributed by atoms with Gasteiger partial charge in [-0.25, -0.2) is 0 Å². The minimum atomic E-state index is -1.35. The number of nitriles is 1. The number of carbonyl (C=O) groups excluding carboxylic acids is 2. The molecule has 178 valence electrons. The Balaban J connectivity index is 1.53. The summed E-state index contributed by atoms with van der Waals surface area (Å²) in [4.78, 5) is 25.9. The number of carbonyl (C=O) groups is 2. The Labute approximate surface area is 234 Å². The van der Waals surface area contributed by atoms with E-state index in [1.807, 2.05) is 6.07 Å². The van der Waals surface area contributed by atoms with E-state index in [-0.39, 0.29) is 16.1 Å². The van der Waals surface area contributed by atoms with Gasteiger partial charge < -0.3 is 10.6 Å². The maximum atomic E-state index is 13.0. The van der Waals surface area contributed by atoms with Gasteiger partial charge in [-0.2, -0.15) is 5.26 Å². The Morgan fingerprint density at radius 1 is 0.943 bits per heavy atom. The maximum Gasteiger partial charge on any atom is 0.257 e. The van der Waals surface area contributed by atoms with Gasteiger partial charge in [0.1, 0.15) is 10.4 Å². The molecule has 2 amide bonds. The van der Waals surface area contributed by atoms with Crippen molar-refractivity contribution in [1.82, 2.24) is 0 Å². The summed E-state index contributed by atoms with van der Waals surface area (Å²) in [6.07, 6.45) is 0. The predicted octanol–water partition coefficient (Wildman–Crippen LogP) is 8.06. The van der Waals surface area contributed by atoms with Crippen molar-refractivity contribution in [2.75, 3.05) is 10.6 Å². The lowest BCUT2D eigenvalue weighted by Crippen LogP contribution is -2.18. The molecule has 0 aliphatic heterocycles. The van der Waals surface area contributed by atoms with Crippen LogP contribution in [0.2, 0.25) is 15.1 Å². The van der Waals surface area contributed by atoms with Crippen LogP contribution in [0.15, 0.2) is 59.1 Å². The van der Waals surface area contributed by atoms with Crippen LogP contribution in [0.4, 0.5) is 11.4 Å². The number of amides is 2. The van der Waals surface area contributed by atoms with Gasteiger partial charge in [0, 0.05) is 26.1 Å². The molecule has 0 bridgehead atoms. The van der Waals surface area contributed by atoms with Crippen molar-refractivity contribution in [2.24, 2.45) is 5.92 Å². The monoisotopic (exact) mass is 629 g/mol. The van der Waals surface area contributed by atoms with Crippen molar-refractivity contribution < 1.29 is 9.59 Å². The average molecular weight is 633 g/mol. The van der Waals surface area contributed by atoms with E-state index >= 15 is 0 Å². The molecule has 2 N–H and O–H groups in total. The molecule has 1 fully saturated rings. The number of nitrogens with zero attached hydrogens (tertiary/aromatic N) is 1. The van der Waals surface area contributed by atoms with Crippen molar-refractivity contribution in [3.05, 3.63) is 90.8 Å². The smallest absolute Gasteiger partial charge is 0.257 e. The third kappa shape index (κ3) is 5.56. The molecule has 11 heteroatoms. The zero-order valence-electron chi connectivity index (χ0n) is 17.4. The first-order valence-corrected chi connectivity index (χ1v) is 12.6. The summed E-state index contributed by atoms with van der Waals surface area (Å²) in [6, 6.07) is 16.2. The van der Waals surface area contributed by atoms with Gasteiger partial charge in [0.2, 0.25) is 5.91 Å². The molecular formula is C24H13BrCl5N3O2. The van der Waals surface area contributed by atoms with E-state index in [1.54, 1.807) is 42.5 Å². The quantitative estimate of drug-likeness (QED) is 0.279. The van der Waals surface area contributed by atoms with Gasteiger partial charge in [-0.15, -0.1) is 23.2 Å². The molecule has 3 aromatic rings. The number of anilines is 2. The van der Waals surface area contributed by atoms with Crippen LogP contribution in [0.3, 0.4) is 0 Å². The van der Waals surface area contributed by atoms with E-state index in [0.29, 0.717) is 31.5 Å². The Morgan fingerprint density at radius 3 is 2.29 bits per heavy atom. The second-order valence-electron chi connectivity index (χ2n) is 7.77. The fourth-order valence-corrected chi connectivity index (χ4v) is 5.66. The Kier molecular flexibility index (Phi) is 7.59. The number of hydrogen-bond donors (Lipinski definition) is 2. The zero-order chi connectivity index (χ0) is 25.5. The predicted molar refractivity (Wildman–Crippen MR) is 144 cm³/mol. The molecule has 5 nitrogen and oxygen atoms in total. The van der Waals surface area contributed by atoms with E-state index in [2.05, 4.69) is 26.6 Å². The molecule has 1 saturated carbocycles. The van der Waals surface area contributed by atoms with Crippen molar-refractivity contribution in [3.63, 3.8) is 0 Å². The lowest BCUT2D eigenvalue weighted by atomic mass is 10.1. The highest BCUT2D eigenvalue weighted by Crippen LogP contribution is 2.65. The lowest BCUT2D eigenvalue weighted by molar-refractivity contribution is -0.117. The highest BCUT2D eigenvalue weighted by Gasteiger charge is 2.67. The van der Waals surface area contributed by atoms with Gasteiger partial charge >= 0.3 is 0 Å². The molecule has 0 heterocycles. The number of hydrogen-bond acceptors (Lipinski definition) is 3. The first kappa shape index (κ1) is 26.1. The van der Waals surface area contributed by atoms with Crippen molar-refractivity contribution >= 4 is 97.1 Å². The number of nitrogens with one attached hydrogen (secondary N) is 2. The minimum absolute atomic E-state index is 0.102. The Hall–Kier alpha value is -1.98. The number of rotatable bonds is 5. The highest BCUT2D eigenvalue weighted by atomic mass is 79.9. The van der Waals surface area contributed by atoms with Crippen molar-refractivity contribution in [1.29, 1.82) is 5.26 Å².